The summed E-state index contributed by atoms with van der Waals surface area (Å²) in [5, 5.41) is 12.4. The van der Waals surface area contributed by atoms with E-state index in [1.165, 1.54) is 12.8 Å². The first-order valence-corrected chi connectivity index (χ1v) is 6.19. The fourth-order valence-electron chi connectivity index (χ4n) is 2.41. The maximum absolute atomic E-state index is 10.9. The molecule has 2 aromatic rings. The highest BCUT2D eigenvalue weighted by Crippen LogP contribution is 2.22. The molecule has 3 heterocycles. The number of fused-ring (bicyclic) bond motifs is 1. The number of aromatic carboxylic acids is 1. The lowest BCUT2D eigenvalue weighted by Gasteiger charge is -2.21. The number of rotatable bonds is 2. The van der Waals surface area contributed by atoms with Gasteiger partial charge in [-0.1, -0.05) is 6.42 Å². The molecule has 94 valence electrons. The number of pyridine rings is 1. The summed E-state index contributed by atoms with van der Waals surface area (Å²) in [5.74, 6) is -0.914. The third kappa shape index (κ3) is 1.97. The van der Waals surface area contributed by atoms with E-state index in [0.29, 0.717) is 6.04 Å². The first-order valence-electron chi connectivity index (χ1n) is 6.19. The Balaban J connectivity index is 1.97. The minimum absolute atomic E-state index is 0.281. The van der Waals surface area contributed by atoms with Crippen LogP contribution >= 0.6 is 0 Å². The van der Waals surface area contributed by atoms with Crippen molar-refractivity contribution < 1.29 is 9.90 Å². The lowest BCUT2D eigenvalue weighted by molar-refractivity contribution is 0.0696. The van der Waals surface area contributed by atoms with Crippen molar-refractivity contribution in [2.45, 2.75) is 25.3 Å². The summed E-state index contributed by atoms with van der Waals surface area (Å²) in [4.78, 5) is 15.5. The zero-order valence-electron chi connectivity index (χ0n) is 9.97. The smallest absolute Gasteiger partial charge is 0.337 e. The van der Waals surface area contributed by atoms with Crippen LogP contribution in [0.5, 0.6) is 0 Å². The summed E-state index contributed by atoms with van der Waals surface area (Å²) >= 11 is 0. The van der Waals surface area contributed by atoms with Gasteiger partial charge in [0.05, 0.1) is 17.3 Å². The first kappa shape index (κ1) is 11.2. The van der Waals surface area contributed by atoms with Crippen LogP contribution in [0.15, 0.2) is 24.5 Å². The fraction of sp³-hybridized carbons (Fsp3) is 0.385. The van der Waals surface area contributed by atoms with E-state index in [1.807, 2.05) is 6.20 Å². The number of carboxylic acid groups (broad SMARTS) is 1. The monoisotopic (exact) mass is 245 g/mol. The molecule has 3 rings (SSSR count). The Hall–Kier alpha value is -1.88. The highest BCUT2D eigenvalue weighted by molar-refractivity contribution is 5.87. The van der Waals surface area contributed by atoms with Gasteiger partial charge in [0.15, 0.2) is 0 Å². The first-order chi connectivity index (χ1) is 8.74. The molecule has 0 amide bonds. The number of nitrogens with one attached hydrogen (secondary N) is 1. The molecule has 0 spiro atoms. The van der Waals surface area contributed by atoms with Crippen molar-refractivity contribution in [1.82, 2.24) is 14.7 Å². The SMILES string of the molecule is O=C(O)c1ccc2nc(C3CCCCN3)cn2c1. The van der Waals surface area contributed by atoms with Crippen molar-refractivity contribution >= 4 is 11.6 Å². The van der Waals surface area contributed by atoms with E-state index in [1.54, 1.807) is 22.7 Å². The van der Waals surface area contributed by atoms with Gasteiger partial charge in [0.2, 0.25) is 0 Å². The molecule has 2 aromatic heterocycles. The van der Waals surface area contributed by atoms with Crippen molar-refractivity contribution in [3.05, 3.63) is 35.8 Å². The molecule has 1 saturated heterocycles. The number of nitrogens with zero attached hydrogens (tertiary/aromatic N) is 2. The molecule has 1 aliphatic rings. The molecule has 0 aromatic carbocycles. The van der Waals surface area contributed by atoms with Gasteiger partial charge >= 0.3 is 5.97 Å². The molecule has 0 saturated carbocycles. The van der Waals surface area contributed by atoms with Gasteiger partial charge in [0.25, 0.3) is 0 Å². The molecule has 1 aliphatic heterocycles. The van der Waals surface area contributed by atoms with E-state index in [4.69, 9.17) is 5.11 Å². The van der Waals surface area contributed by atoms with Crippen molar-refractivity contribution in [3.63, 3.8) is 0 Å². The average molecular weight is 245 g/mol. The van der Waals surface area contributed by atoms with Crippen LogP contribution < -0.4 is 5.32 Å². The third-order valence-corrected chi connectivity index (χ3v) is 3.38. The summed E-state index contributed by atoms with van der Waals surface area (Å²) < 4.78 is 1.79. The topological polar surface area (TPSA) is 66.6 Å². The number of carbonyl (C=O) groups is 1. The Morgan fingerprint density at radius 3 is 3.00 bits per heavy atom. The zero-order chi connectivity index (χ0) is 12.5. The molecular weight excluding hydrogens is 230 g/mol. The lowest BCUT2D eigenvalue weighted by Crippen LogP contribution is -2.26. The summed E-state index contributed by atoms with van der Waals surface area (Å²) in [5.41, 5.74) is 2.07. The van der Waals surface area contributed by atoms with Crippen LogP contribution in [0.25, 0.3) is 5.65 Å². The molecule has 0 radical (unpaired) electrons. The van der Waals surface area contributed by atoms with E-state index in [2.05, 4.69) is 10.3 Å². The van der Waals surface area contributed by atoms with Crippen LogP contribution in [-0.4, -0.2) is 27.0 Å². The van der Waals surface area contributed by atoms with E-state index in [9.17, 15) is 4.79 Å². The Morgan fingerprint density at radius 2 is 2.28 bits per heavy atom. The Morgan fingerprint density at radius 1 is 1.39 bits per heavy atom. The zero-order valence-corrected chi connectivity index (χ0v) is 9.97. The molecule has 1 unspecified atom stereocenters. The number of piperidine rings is 1. The van der Waals surface area contributed by atoms with Crippen LogP contribution in [0.3, 0.4) is 0 Å². The number of hydrogen-bond acceptors (Lipinski definition) is 3. The molecule has 5 heteroatoms. The molecular formula is C13H15N3O2. The third-order valence-electron chi connectivity index (χ3n) is 3.38. The van der Waals surface area contributed by atoms with Crippen LogP contribution in [0.1, 0.15) is 41.4 Å². The second-order valence-electron chi connectivity index (χ2n) is 4.66. The quantitative estimate of drug-likeness (QED) is 0.847. The van der Waals surface area contributed by atoms with Crippen molar-refractivity contribution in [2.24, 2.45) is 0 Å². The van der Waals surface area contributed by atoms with Gasteiger partial charge in [-0.05, 0) is 31.5 Å². The number of hydrogen-bond donors (Lipinski definition) is 2. The molecule has 1 fully saturated rings. The van der Waals surface area contributed by atoms with Gasteiger partial charge in [-0.3, -0.25) is 0 Å². The van der Waals surface area contributed by atoms with Gasteiger partial charge in [-0.2, -0.15) is 0 Å². The summed E-state index contributed by atoms with van der Waals surface area (Å²) in [6, 6.07) is 3.63. The second kappa shape index (κ2) is 4.42. The molecule has 5 nitrogen and oxygen atoms in total. The highest BCUT2D eigenvalue weighted by atomic mass is 16.4. The highest BCUT2D eigenvalue weighted by Gasteiger charge is 2.17. The molecule has 2 N–H and O–H groups in total. The van der Waals surface area contributed by atoms with Crippen LogP contribution in [-0.2, 0) is 0 Å². The number of imidazole rings is 1. The summed E-state index contributed by atoms with van der Waals surface area (Å²) in [6.07, 6.45) is 7.05. The van der Waals surface area contributed by atoms with Gasteiger partial charge < -0.3 is 14.8 Å². The fourth-order valence-corrected chi connectivity index (χ4v) is 2.41. The largest absolute Gasteiger partial charge is 0.478 e. The normalized spacial score (nSPS) is 20.1. The lowest BCUT2D eigenvalue weighted by atomic mass is 10.0. The molecule has 0 bridgehead atoms. The molecule has 0 aliphatic carbocycles. The Kier molecular flexibility index (Phi) is 2.76. The number of carboxylic acids is 1. The van der Waals surface area contributed by atoms with Crippen LogP contribution in [0.2, 0.25) is 0 Å². The standard InChI is InChI=1S/C13H15N3O2/c17-13(18)9-4-5-12-15-11(8-16(12)7-9)10-3-1-2-6-14-10/h4-5,7-8,10,14H,1-3,6H2,(H,17,18). The molecule has 18 heavy (non-hydrogen) atoms. The van der Waals surface area contributed by atoms with Crippen molar-refractivity contribution in [2.75, 3.05) is 6.54 Å². The Labute approximate surface area is 104 Å². The van der Waals surface area contributed by atoms with Crippen LogP contribution in [0, 0.1) is 0 Å². The molecule has 1 atom stereocenters. The van der Waals surface area contributed by atoms with E-state index in [-0.39, 0.29) is 5.56 Å². The maximum Gasteiger partial charge on any atom is 0.337 e. The van der Waals surface area contributed by atoms with Crippen molar-refractivity contribution in [1.29, 1.82) is 0 Å². The number of aromatic nitrogens is 2. The van der Waals surface area contributed by atoms with Gasteiger partial charge in [-0.15, -0.1) is 0 Å². The van der Waals surface area contributed by atoms with Gasteiger partial charge in [0, 0.05) is 12.4 Å². The summed E-state index contributed by atoms with van der Waals surface area (Å²) in [6.45, 7) is 1.03. The van der Waals surface area contributed by atoms with Crippen molar-refractivity contribution in [3.8, 4) is 0 Å². The Bertz CT molecular complexity index is 585. The van der Waals surface area contributed by atoms with Gasteiger partial charge in [0.1, 0.15) is 5.65 Å². The van der Waals surface area contributed by atoms with E-state index < -0.39 is 5.97 Å². The van der Waals surface area contributed by atoms with E-state index >= 15 is 0 Å². The average Bonchev–Trinajstić information content (AvgIpc) is 2.82. The summed E-state index contributed by atoms with van der Waals surface area (Å²) in [7, 11) is 0. The minimum atomic E-state index is -0.914. The maximum atomic E-state index is 10.9. The minimum Gasteiger partial charge on any atom is -0.478 e. The second-order valence-corrected chi connectivity index (χ2v) is 4.66. The van der Waals surface area contributed by atoms with Gasteiger partial charge in [-0.25, -0.2) is 9.78 Å². The van der Waals surface area contributed by atoms with Crippen LogP contribution in [0.4, 0.5) is 0 Å². The predicted octanol–water partition coefficient (Wildman–Crippen LogP) is 1.85. The van der Waals surface area contributed by atoms with E-state index in [0.717, 1.165) is 24.3 Å². The predicted molar refractivity (Wildman–Crippen MR) is 66.7 cm³/mol.